The Kier molecular flexibility index (Phi) is 4.88. The third kappa shape index (κ3) is 3.86. The Morgan fingerprint density at radius 1 is 1.35 bits per heavy atom. The zero-order valence-corrected chi connectivity index (χ0v) is 14.0. The van der Waals surface area contributed by atoms with Crippen LogP contribution in [-0.2, 0) is 11.3 Å². The van der Waals surface area contributed by atoms with Gasteiger partial charge in [0.05, 0.1) is 16.0 Å². The molecule has 3 aromatic rings. The zero-order chi connectivity index (χ0) is 16.2. The molecule has 3 rings (SSSR count). The molecule has 0 aliphatic carbocycles. The standard InChI is InChI=1S/C16H14FN3OS2/c1-10-6-11(2-3-12(10)17)7-18-14(21)8-23-16-15-13(4-5-22-15)19-9-20-16/h2-6,9H,7-8H2,1H3,(H,18,21). The Bertz CT molecular complexity index is 850. The van der Waals surface area contributed by atoms with Gasteiger partial charge in [-0.15, -0.1) is 11.3 Å². The fourth-order valence-electron chi connectivity index (χ4n) is 2.07. The summed E-state index contributed by atoms with van der Waals surface area (Å²) in [6, 6.07) is 6.76. The topological polar surface area (TPSA) is 54.9 Å². The first-order chi connectivity index (χ1) is 11.1. The number of fused-ring (bicyclic) bond motifs is 1. The summed E-state index contributed by atoms with van der Waals surface area (Å²) >= 11 is 2.96. The smallest absolute Gasteiger partial charge is 0.230 e. The highest BCUT2D eigenvalue weighted by Crippen LogP contribution is 2.28. The van der Waals surface area contributed by atoms with E-state index in [9.17, 15) is 9.18 Å². The van der Waals surface area contributed by atoms with Gasteiger partial charge in [-0.1, -0.05) is 23.9 Å². The molecule has 1 N–H and O–H groups in total. The summed E-state index contributed by atoms with van der Waals surface area (Å²) in [4.78, 5) is 20.4. The van der Waals surface area contributed by atoms with E-state index in [2.05, 4.69) is 15.3 Å². The Hall–Kier alpha value is -1.99. The molecule has 0 aliphatic rings. The van der Waals surface area contributed by atoms with E-state index in [1.807, 2.05) is 11.4 Å². The van der Waals surface area contributed by atoms with Crippen LogP contribution >= 0.6 is 23.1 Å². The molecule has 0 aliphatic heterocycles. The molecule has 4 nitrogen and oxygen atoms in total. The van der Waals surface area contributed by atoms with Gasteiger partial charge in [0.25, 0.3) is 0 Å². The first-order valence-electron chi connectivity index (χ1n) is 6.96. The van der Waals surface area contributed by atoms with Crippen LogP contribution in [0.5, 0.6) is 0 Å². The third-order valence-electron chi connectivity index (χ3n) is 3.26. The summed E-state index contributed by atoms with van der Waals surface area (Å²) in [7, 11) is 0. The molecule has 118 valence electrons. The van der Waals surface area contributed by atoms with Crippen LogP contribution in [0.15, 0.2) is 41.0 Å². The van der Waals surface area contributed by atoms with Crippen LogP contribution in [-0.4, -0.2) is 21.6 Å². The molecule has 0 unspecified atom stereocenters. The van der Waals surface area contributed by atoms with Crippen molar-refractivity contribution < 1.29 is 9.18 Å². The minimum Gasteiger partial charge on any atom is -0.351 e. The van der Waals surface area contributed by atoms with Crippen molar-refractivity contribution in [3.05, 3.63) is 52.9 Å². The lowest BCUT2D eigenvalue weighted by atomic mass is 10.1. The predicted octanol–water partition coefficient (Wildman–Crippen LogP) is 3.55. The predicted molar refractivity (Wildman–Crippen MR) is 91.1 cm³/mol. The van der Waals surface area contributed by atoms with Gasteiger partial charge in [-0.05, 0) is 35.6 Å². The van der Waals surface area contributed by atoms with Gasteiger partial charge in [-0.3, -0.25) is 4.79 Å². The summed E-state index contributed by atoms with van der Waals surface area (Å²) in [6.45, 7) is 2.09. The molecule has 0 saturated heterocycles. The Labute approximate surface area is 141 Å². The number of thioether (sulfide) groups is 1. The molecule has 0 atom stereocenters. The average Bonchev–Trinajstić information content (AvgIpc) is 3.03. The highest BCUT2D eigenvalue weighted by atomic mass is 32.2. The molecule has 0 radical (unpaired) electrons. The third-order valence-corrected chi connectivity index (χ3v) is 5.29. The van der Waals surface area contributed by atoms with E-state index in [0.29, 0.717) is 12.1 Å². The van der Waals surface area contributed by atoms with E-state index in [0.717, 1.165) is 20.8 Å². The normalized spacial score (nSPS) is 10.9. The molecule has 7 heteroatoms. The second-order valence-corrected chi connectivity index (χ2v) is 6.84. The van der Waals surface area contributed by atoms with E-state index in [4.69, 9.17) is 0 Å². The summed E-state index contributed by atoms with van der Waals surface area (Å²) in [6.07, 6.45) is 1.51. The van der Waals surface area contributed by atoms with Crippen LogP contribution in [0.3, 0.4) is 0 Å². The van der Waals surface area contributed by atoms with Crippen molar-refractivity contribution >= 4 is 39.2 Å². The lowest BCUT2D eigenvalue weighted by molar-refractivity contribution is -0.118. The fraction of sp³-hybridized carbons (Fsp3) is 0.188. The Morgan fingerprint density at radius 3 is 3.04 bits per heavy atom. The number of rotatable bonds is 5. The van der Waals surface area contributed by atoms with Gasteiger partial charge in [0.1, 0.15) is 17.2 Å². The second-order valence-electron chi connectivity index (χ2n) is 4.96. The molecule has 2 aromatic heterocycles. The lowest BCUT2D eigenvalue weighted by Crippen LogP contribution is -2.24. The van der Waals surface area contributed by atoms with Gasteiger partial charge in [0, 0.05) is 6.54 Å². The van der Waals surface area contributed by atoms with Crippen molar-refractivity contribution in [3.63, 3.8) is 0 Å². The second kappa shape index (κ2) is 7.06. The minimum absolute atomic E-state index is 0.0831. The summed E-state index contributed by atoms with van der Waals surface area (Å²) in [5.41, 5.74) is 2.35. The zero-order valence-electron chi connectivity index (χ0n) is 12.4. The number of aryl methyl sites for hydroxylation is 1. The van der Waals surface area contributed by atoms with Gasteiger partial charge in [-0.25, -0.2) is 14.4 Å². The molecule has 0 saturated carbocycles. The molecular weight excluding hydrogens is 333 g/mol. The highest BCUT2D eigenvalue weighted by Gasteiger charge is 2.09. The van der Waals surface area contributed by atoms with Crippen molar-refractivity contribution in [2.75, 3.05) is 5.75 Å². The fourth-order valence-corrected chi connectivity index (χ4v) is 3.85. The van der Waals surface area contributed by atoms with Crippen LogP contribution in [0.25, 0.3) is 10.2 Å². The number of benzene rings is 1. The summed E-state index contributed by atoms with van der Waals surface area (Å²) < 4.78 is 14.2. The lowest BCUT2D eigenvalue weighted by Gasteiger charge is -2.06. The Balaban J connectivity index is 1.55. The molecule has 2 heterocycles. The van der Waals surface area contributed by atoms with Gasteiger partial charge in [0.2, 0.25) is 5.91 Å². The van der Waals surface area contributed by atoms with Gasteiger partial charge in [0.15, 0.2) is 0 Å². The van der Waals surface area contributed by atoms with Crippen LogP contribution in [0.2, 0.25) is 0 Å². The molecule has 0 bridgehead atoms. The van der Waals surface area contributed by atoms with E-state index in [1.54, 1.807) is 30.4 Å². The van der Waals surface area contributed by atoms with Crippen LogP contribution in [0.1, 0.15) is 11.1 Å². The average molecular weight is 347 g/mol. The van der Waals surface area contributed by atoms with Crippen LogP contribution < -0.4 is 5.32 Å². The number of amides is 1. The van der Waals surface area contributed by atoms with Gasteiger partial charge >= 0.3 is 0 Å². The number of aromatic nitrogens is 2. The molecule has 1 amide bonds. The van der Waals surface area contributed by atoms with E-state index in [1.165, 1.54) is 24.2 Å². The number of halogens is 1. The van der Waals surface area contributed by atoms with Crippen molar-refractivity contribution in [2.24, 2.45) is 0 Å². The number of thiophene rings is 1. The maximum atomic E-state index is 13.2. The maximum absolute atomic E-state index is 13.2. The van der Waals surface area contributed by atoms with Gasteiger partial charge < -0.3 is 5.32 Å². The van der Waals surface area contributed by atoms with Crippen molar-refractivity contribution in [1.82, 2.24) is 15.3 Å². The van der Waals surface area contributed by atoms with E-state index in [-0.39, 0.29) is 17.5 Å². The molecular formula is C16H14FN3OS2. The van der Waals surface area contributed by atoms with Gasteiger partial charge in [-0.2, -0.15) is 0 Å². The number of carbonyl (C=O) groups excluding carboxylic acids is 1. The SMILES string of the molecule is Cc1cc(CNC(=O)CSc2ncnc3ccsc23)ccc1F. The first-order valence-corrected chi connectivity index (χ1v) is 8.83. The van der Waals surface area contributed by atoms with E-state index < -0.39 is 0 Å². The summed E-state index contributed by atoms with van der Waals surface area (Å²) in [5, 5.41) is 5.61. The van der Waals surface area contributed by atoms with Crippen molar-refractivity contribution in [3.8, 4) is 0 Å². The largest absolute Gasteiger partial charge is 0.351 e. The van der Waals surface area contributed by atoms with Crippen LogP contribution in [0.4, 0.5) is 4.39 Å². The number of nitrogens with zero attached hydrogens (tertiary/aromatic N) is 2. The number of hydrogen-bond donors (Lipinski definition) is 1. The van der Waals surface area contributed by atoms with E-state index >= 15 is 0 Å². The van der Waals surface area contributed by atoms with Crippen molar-refractivity contribution in [2.45, 2.75) is 18.5 Å². The molecule has 1 aromatic carbocycles. The number of carbonyl (C=O) groups is 1. The van der Waals surface area contributed by atoms with Crippen molar-refractivity contribution in [1.29, 1.82) is 0 Å². The quantitative estimate of drug-likeness (QED) is 0.566. The maximum Gasteiger partial charge on any atom is 0.230 e. The molecule has 0 fully saturated rings. The monoisotopic (exact) mass is 347 g/mol. The summed E-state index contributed by atoms with van der Waals surface area (Å²) in [5.74, 6) is -0.0378. The number of nitrogens with one attached hydrogen (secondary N) is 1. The number of hydrogen-bond acceptors (Lipinski definition) is 5. The molecule has 0 spiro atoms. The highest BCUT2D eigenvalue weighted by molar-refractivity contribution is 8.00. The first kappa shape index (κ1) is 15.9. The van der Waals surface area contributed by atoms with Crippen LogP contribution in [0, 0.1) is 12.7 Å². The minimum atomic E-state index is -0.237. The molecule has 23 heavy (non-hydrogen) atoms. The Morgan fingerprint density at radius 2 is 2.22 bits per heavy atom.